The van der Waals surface area contributed by atoms with Crippen LogP contribution in [0.25, 0.3) is 0 Å². The molecule has 0 spiro atoms. The molecule has 5 nitrogen and oxygen atoms in total. The number of nitrogens with zero attached hydrogens (tertiary/aromatic N) is 2. The average Bonchev–Trinajstić information content (AvgIpc) is 3.31. The lowest BCUT2D eigenvalue weighted by Crippen LogP contribution is -2.45. The Bertz CT molecular complexity index is 904. The molecule has 2 aliphatic heterocycles. The Hall–Kier alpha value is -2.25. The summed E-state index contributed by atoms with van der Waals surface area (Å²) in [6.45, 7) is 3.84. The predicted molar refractivity (Wildman–Crippen MR) is 120 cm³/mol. The predicted octanol–water partition coefficient (Wildman–Crippen LogP) is 3.59. The minimum absolute atomic E-state index is 0.0884. The van der Waals surface area contributed by atoms with Gasteiger partial charge in [0.05, 0.1) is 0 Å². The van der Waals surface area contributed by atoms with Gasteiger partial charge in [-0.05, 0) is 65.8 Å². The number of thiophene rings is 1. The molecule has 0 radical (unpaired) electrons. The van der Waals surface area contributed by atoms with E-state index in [0.717, 1.165) is 44.5 Å². The van der Waals surface area contributed by atoms with Gasteiger partial charge in [0.15, 0.2) is 0 Å². The maximum Gasteiger partial charge on any atom is 0.222 e. The van der Waals surface area contributed by atoms with Crippen LogP contribution in [0.5, 0.6) is 0 Å². The van der Waals surface area contributed by atoms with Gasteiger partial charge in [-0.1, -0.05) is 12.1 Å². The molecule has 0 saturated carbocycles. The lowest BCUT2D eigenvalue weighted by atomic mass is 9.85. The highest BCUT2D eigenvalue weighted by molar-refractivity contribution is 7.07. The summed E-state index contributed by atoms with van der Waals surface area (Å²) in [5.41, 5.74) is 1.89. The first kappa shape index (κ1) is 22.0. The molecule has 31 heavy (non-hydrogen) atoms. The van der Waals surface area contributed by atoms with E-state index in [1.807, 2.05) is 11.0 Å². The molecule has 1 aromatic heterocycles. The molecule has 2 aliphatic rings. The molecule has 1 unspecified atom stereocenters. The number of halogens is 1. The quantitative estimate of drug-likeness (QED) is 0.712. The first-order valence-corrected chi connectivity index (χ1v) is 12.0. The van der Waals surface area contributed by atoms with Crippen molar-refractivity contribution in [3.63, 3.8) is 0 Å². The highest BCUT2D eigenvalue weighted by Gasteiger charge is 2.38. The SMILES string of the molecule is O=C1CCC(CCC(=O)N2CCCN(Cc3cccc(F)c3)CC2)(Cc2ccsc2)N1. The van der Waals surface area contributed by atoms with Gasteiger partial charge >= 0.3 is 0 Å². The second-order valence-electron chi connectivity index (χ2n) is 8.78. The largest absolute Gasteiger partial charge is 0.350 e. The van der Waals surface area contributed by atoms with Crippen LogP contribution < -0.4 is 5.32 Å². The summed E-state index contributed by atoms with van der Waals surface area (Å²) in [5, 5.41) is 7.35. The number of hydrogen-bond donors (Lipinski definition) is 1. The first-order chi connectivity index (χ1) is 15.0. The zero-order valence-electron chi connectivity index (χ0n) is 17.8. The number of hydrogen-bond acceptors (Lipinski definition) is 4. The second-order valence-corrected chi connectivity index (χ2v) is 9.56. The molecular weight excluding hydrogens is 413 g/mol. The number of carbonyl (C=O) groups excluding carboxylic acids is 2. The fourth-order valence-electron chi connectivity index (χ4n) is 4.74. The lowest BCUT2D eigenvalue weighted by molar-refractivity contribution is -0.131. The van der Waals surface area contributed by atoms with E-state index in [1.165, 1.54) is 11.6 Å². The molecular formula is C24H30FN3O2S. The fourth-order valence-corrected chi connectivity index (χ4v) is 5.41. The molecule has 3 heterocycles. The third kappa shape index (κ3) is 5.92. The van der Waals surface area contributed by atoms with Crippen molar-refractivity contribution < 1.29 is 14.0 Å². The van der Waals surface area contributed by atoms with E-state index in [1.54, 1.807) is 23.5 Å². The van der Waals surface area contributed by atoms with Crippen LogP contribution in [0.15, 0.2) is 41.1 Å². The summed E-state index contributed by atoms with van der Waals surface area (Å²) < 4.78 is 13.5. The third-order valence-electron chi connectivity index (χ3n) is 6.41. The van der Waals surface area contributed by atoms with Crippen molar-refractivity contribution in [2.45, 2.75) is 50.6 Å². The van der Waals surface area contributed by atoms with E-state index >= 15 is 0 Å². The molecule has 1 N–H and O–H groups in total. The molecule has 2 saturated heterocycles. The molecule has 7 heteroatoms. The number of carbonyl (C=O) groups is 2. The lowest BCUT2D eigenvalue weighted by Gasteiger charge is -2.30. The molecule has 4 rings (SSSR count). The smallest absolute Gasteiger partial charge is 0.222 e. The zero-order valence-corrected chi connectivity index (χ0v) is 18.6. The van der Waals surface area contributed by atoms with Gasteiger partial charge in [0.25, 0.3) is 0 Å². The maximum atomic E-state index is 13.5. The van der Waals surface area contributed by atoms with Crippen molar-refractivity contribution >= 4 is 23.2 Å². The van der Waals surface area contributed by atoms with Gasteiger partial charge in [0, 0.05) is 51.1 Å². The van der Waals surface area contributed by atoms with Gasteiger partial charge < -0.3 is 10.2 Å². The van der Waals surface area contributed by atoms with Gasteiger partial charge in [-0.15, -0.1) is 0 Å². The molecule has 1 atom stereocenters. The van der Waals surface area contributed by atoms with Crippen LogP contribution in [-0.2, 0) is 22.6 Å². The van der Waals surface area contributed by atoms with Crippen molar-refractivity contribution in [1.82, 2.24) is 15.1 Å². The fraction of sp³-hybridized carbons (Fsp3) is 0.500. The minimum Gasteiger partial charge on any atom is -0.350 e. The highest BCUT2D eigenvalue weighted by Crippen LogP contribution is 2.30. The number of rotatable bonds is 7. The minimum atomic E-state index is -0.302. The van der Waals surface area contributed by atoms with Crippen LogP contribution in [0.1, 0.15) is 43.2 Å². The Morgan fingerprint density at radius 3 is 2.81 bits per heavy atom. The molecule has 2 amide bonds. The van der Waals surface area contributed by atoms with Crippen molar-refractivity contribution in [3.05, 3.63) is 58.0 Å². The van der Waals surface area contributed by atoms with E-state index in [0.29, 0.717) is 32.4 Å². The van der Waals surface area contributed by atoms with Crippen LogP contribution in [0, 0.1) is 5.82 Å². The van der Waals surface area contributed by atoms with E-state index in [9.17, 15) is 14.0 Å². The Balaban J connectivity index is 1.30. The Kier molecular flexibility index (Phi) is 7.02. The van der Waals surface area contributed by atoms with Crippen LogP contribution in [-0.4, -0.2) is 53.3 Å². The average molecular weight is 444 g/mol. The van der Waals surface area contributed by atoms with E-state index in [2.05, 4.69) is 27.0 Å². The van der Waals surface area contributed by atoms with Gasteiger partial charge in [-0.3, -0.25) is 14.5 Å². The number of nitrogens with one attached hydrogen (secondary N) is 1. The summed E-state index contributed by atoms with van der Waals surface area (Å²) in [6.07, 6.45) is 4.16. The van der Waals surface area contributed by atoms with Crippen molar-refractivity contribution in [2.24, 2.45) is 0 Å². The maximum absolute atomic E-state index is 13.5. The van der Waals surface area contributed by atoms with Gasteiger partial charge in [-0.2, -0.15) is 11.3 Å². The molecule has 2 fully saturated rings. The Morgan fingerprint density at radius 2 is 2.06 bits per heavy atom. The zero-order chi connectivity index (χ0) is 21.7. The van der Waals surface area contributed by atoms with Crippen LogP contribution >= 0.6 is 11.3 Å². The summed E-state index contributed by atoms with van der Waals surface area (Å²) in [4.78, 5) is 29.2. The topological polar surface area (TPSA) is 52.7 Å². The summed E-state index contributed by atoms with van der Waals surface area (Å²) in [7, 11) is 0. The molecule has 0 aliphatic carbocycles. The first-order valence-electron chi connectivity index (χ1n) is 11.1. The Morgan fingerprint density at radius 1 is 1.16 bits per heavy atom. The van der Waals surface area contributed by atoms with E-state index < -0.39 is 0 Å². The van der Waals surface area contributed by atoms with Crippen LogP contribution in [0.4, 0.5) is 4.39 Å². The van der Waals surface area contributed by atoms with Gasteiger partial charge in [0.1, 0.15) is 5.82 Å². The second kappa shape index (κ2) is 9.92. The van der Waals surface area contributed by atoms with Crippen molar-refractivity contribution in [3.8, 4) is 0 Å². The normalized spacial score (nSPS) is 22.4. The van der Waals surface area contributed by atoms with Crippen LogP contribution in [0.2, 0.25) is 0 Å². The third-order valence-corrected chi connectivity index (χ3v) is 7.14. The van der Waals surface area contributed by atoms with Crippen molar-refractivity contribution in [2.75, 3.05) is 26.2 Å². The van der Waals surface area contributed by atoms with E-state index in [4.69, 9.17) is 0 Å². The van der Waals surface area contributed by atoms with Crippen molar-refractivity contribution in [1.29, 1.82) is 0 Å². The Labute approximate surface area is 187 Å². The molecule has 1 aromatic carbocycles. The molecule has 0 bridgehead atoms. The number of benzene rings is 1. The monoisotopic (exact) mass is 443 g/mol. The van der Waals surface area contributed by atoms with E-state index in [-0.39, 0.29) is 23.2 Å². The van der Waals surface area contributed by atoms with Gasteiger partial charge in [0.2, 0.25) is 11.8 Å². The van der Waals surface area contributed by atoms with Crippen LogP contribution in [0.3, 0.4) is 0 Å². The van der Waals surface area contributed by atoms with Gasteiger partial charge in [-0.25, -0.2) is 4.39 Å². The standard InChI is InChI=1S/C24H30FN3O2S/c25-21-4-1-3-19(15-21)17-27-10-2-11-28(13-12-27)23(30)6-9-24(8-5-22(29)26-24)16-20-7-14-31-18-20/h1,3-4,7,14-15,18H,2,5-6,8-13,16-17H2,(H,26,29). The number of amides is 2. The highest BCUT2D eigenvalue weighted by atomic mass is 32.1. The summed E-state index contributed by atoms with van der Waals surface area (Å²) in [5.74, 6) is 0.0448. The summed E-state index contributed by atoms with van der Waals surface area (Å²) in [6, 6.07) is 8.83. The molecule has 2 aromatic rings. The molecule has 166 valence electrons. The summed E-state index contributed by atoms with van der Waals surface area (Å²) >= 11 is 1.66.